The van der Waals surface area contributed by atoms with E-state index >= 15 is 0 Å². The third-order valence-electron chi connectivity index (χ3n) is 3.79. The predicted octanol–water partition coefficient (Wildman–Crippen LogP) is 4.32. The van der Waals surface area contributed by atoms with Crippen LogP contribution in [0.1, 0.15) is 30.6 Å². The Balaban J connectivity index is 1.91. The van der Waals surface area contributed by atoms with Crippen LogP contribution >= 0.6 is 11.6 Å². The quantitative estimate of drug-likeness (QED) is 0.678. The first-order chi connectivity index (χ1) is 12.9. The van der Waals surface area contributed by atoms with Gasteiger partial charge in [-0.1, -0.05) is 18.5 Å². The molecule has 0 fully saturated rings. The minimum atomic E-state index is -0.428. The predicted molar refractivity (Wildman–Crippen MR) is 104 cm³/mol. The molecule has 2 aromatic carbocycles. The largest absolute Gasteiger partial charge is 0.495 e. The monoisotopic (exact) mass is 391 g/mol. The summed E-state index contributed by atoms with van der Waals surface area (Å²) in [5.41, 5.74) is 0.996. The molecule has 27 heavy (non-hydrogen) atoms. The van der Waals surface area contributed by atoms with Crippen LogP contribution in [-0.2, 0) is 9.53 Å². The Morgan fingerprint density at radius 2 is 1.85 bits per heavy atom. The zero-order valence-electron chi connectivity index (χ0n) is 15.5. The summed E-state index contributed by atoms with van der Waals surface area (Å²) < 4.78 is 15.6. The van der Waals surface area contributed by atoms with Gasteiger partial charge in [-0.05, 0) is 55.8 Å². The Kier molecular flexibility index (Phi) is 7.49. The van der Waals surface area contributed by atoms with E-state index in [2.05, 4.69) is 5.32 Å². The zero-order chi connectivity index (χ0) is 19.8. The smallest absolute Gasteiger partial charge is 0.344 e. The molecule has 2 aromatic rings. The molecule has 0 saturated heterocycles. The normalized spacial score (nSPS) is 11.4. The van der Waals surface area contributed by atoms with Gasteiger partial charge in [0.25, 0.3) is 5.91 Å². The molecule has 1 N–H and O–H groups in total. The van der Waals surface area contributed by atoms with Crippen molar-refractivity contribution in [2.45, 2.75) is 26.4 Å². The molecule has 7 heteroatoms. The number of rotatable bonds is 8. The Morgan fingerprint density at radius 1 is 1.15 bits per heavy atom. The fourth-order valence-electron chi connectivity index (χ4n) is 2.13. The second-order valence-electron chi connectivity index (χ2n) is 5.83. The summed E-state index contributed by atoms with van der Waals surface area (Å²) in [6, 6.07) is 11.4. The van der Waals surface area contributed by atoms with E-state index in [9.17, 15) is 9.59 Å². The summed E-state index contributed by atoms with van der Waals surface area (Å²) >= 11 is 6.05. The number of amides is 1. The maximum absolute atomic E-state index is 12.3. The molecule has 144 valence electrons. The van der Waals surface area contributed by atoms with E-state index in [1.54, 1.807) is 42.5 Å². The van der Waals surface area contributed by atoms with Crippen LogP contribution in [0.5, 0.6) is 11.5 Å². The van der Waals surface area contributed by atoms with Crippen LogP contribution in [0, 0.1) is 0 Å². The van der Waals surface area contributed by atoms with Crippen LogP contribution in [0.15, 0.2) is 42.5 Å². The number of carbonyl (C=O) groups excluding carboxylic acids is 2. The molecule has 1 atom stereocenters. The molecule has 6 nitrogen and oxygen atoms in total. The van der Waals surface area contributed by atoms with Gasteiger partial charge >= 0.3 is 5.97 Å². The van der Waals surface area contributed by atoms with Crippen LogP contribution in [0.2, 0.25) is 5.02 Å². The molecule has 0 aliphatic carbocycles. The molecule has 0 heterocycles. The van der Waals surface area contributed by atoms with Gasteiger partial charge in [-0.3, -0.25) is 4.79 Å². The van der Waals surface area contributed by atoms with Gasteiger partial charge in [-0.25, -0.2) is 4.79 Å². The second-order valence-corrected chi connectivity index (χ2v) is 6.23. The highest BCUT2D eigenvalue weighted by atomic mass is 35.5. The first kappa shape index (κ1) is 20.6. The summed E-state index contributed by atoms with van der Waals surface area (Å²) in [6.45, 7) is 3.57. The highest BCUT2D eigenvalue weighted by molar-refractivity contribution is 6.32. The number of methoxy groups -OCH3 is 1. The Labute approximate surface area is 163 Å². The fourth-order valence-corrected chi connectivity index (χ4v) is 2.39. The summed E-state index contributed by atoms with van der Waals surface area (Å²) in [7, 11) is 1.52. The lowest BCUT2D eigenvalue weighted by atomic mass is 10.2. The summed E-state index contributed by atoms with van der Waals surface area (Å²) in [6.07, 6.45) is 0.605. The van der Waals surface area contributed by atoms with E-state index in [-0.39, 0.29) is 18.6 Å². The second kappa shape index (κ2) is 9.83. The van der Waals surface area contributed by atoms with Crippen molar-refractivity contribution in [3.63, 3.8) is 0 Å². The van der Waals surface area contributed by atoms with Crippen LogP contribution < -0.4 is 14.8 Å². The van der Waals surface area contributed by atoms with E-state index in [0.29, 0.717) is 27.8 Å². The number of halogens is 1. The molecule has 0 bridgehead atoms. The standard InChI is InChI=1S/C20H22ClNO5/c1-4-13(2)27-19(23)12-26-16-8-5-14(6-9-16)20(24)22-15-7-10-18(25-3)17(21)11-15/h5-11,13H,4,12H2,1-3H3,(H,22,24). The van der Waals surface area contributed by atoms with E-state index in [1.165, 1.54) is 7.11 Å². The summed E-state index contributed by atoms with van der Waals surface area (Å²) in [5.74, 6) is 0.282. The number of nitrogens with one attached hydrogen (secondary N) is 1. The molecule has 0 spiro atoms. The zero-order valence-corrected chi connectivity index (χ0v) is 16.2. The van der Waals surface area contributed by atoms with Crippen LogP contribution in [0.4, 0.5) is 5.69 Å². The van der Waals surface area contributed by atoms with Crippen molar-refractivity contribution in [2.75, 3.05) is 19.0 Å². The number of ether oxygens (including phenoxy) is 3. The van der Waals surface area contributed by atoms with E-state index in [1.807, 2.05) is 13.8 Å². The van der Waals surface area contributed by atoms with Crippen molar-refractivity contribution >= 4 is 29.2 Å². The first-order valence-corrected chi connectivity index (χ1v) is 8.88. The van der Waals surface area contributed by atoms with Gasteiger partial charge < -0.3 is 19.5 Å². The molecule has 1 amide bonds. The lowest BCUT2D eigenvalue weighted by Crippen LogP contribution is -2.20. The molecule has 0 aliphatic heterocycles. The Bertz CT molecular complexity index is 791. The summed E-state index contributed by atoms with van der Waals surface area (Å²) in [4.78, 5) is 23.9. The van der Waals surface area contributed by atoms with Gasteiger partial charge in [0.05, 0.1) is 18.2 Å². The highest BCUT2D eigenvalue weighted by Crippen LogP contribution is 2.27. The third-order valence-corrected chi connectivity index (χ3v) is 4.09. The van der Waals surface area contributed by atoms with E-state index < -0.39 is 5.97 Å². The van der Waals surface area contributed by atoms with Crippen molar-refractivity contribution < 1.29 is 23.8 Å². The number of hydrogen-bond donors (Lipinski definition) is 1. The highest BCUT2D eigenvalue weighted by Gasteiger charge is 2.11. The minimum absolute atomic E-state index is 0.140. The maximum Gasteiger partial charge on any atom is 0.344 e. The lowest BCUT2D eigenvalue weighted by molar-refractivity contribution is -0.150. The molecule has 2 rings (SSSR count). The third kappa shape index (κ3) is 6.18. The number of benzene rings is 2. The fraction of sp³-hybridized carbons (Fsp3) is 0.300. The molecule has 0 aromatic heterocycles. The molecule has 0 radical (unpaired) electrons. The molecule has 0 aliphatic rings. The van der Waals surface area contributed by atoms with Gasteiger partial charge in [-0.15, -0.1) is 0 Å². The van der Waals surface area contributed by atoms with Gasteiger partial charge in [0.15, 0.2) is 6.61 Å². The first-order valence-electron chi connectivity index (χ1n) is 8.50. The number of hydrogen-bond acceptors (Lipinski definition) is 5. The number of anilines is 1. The van der Waals surface area contributed by atoms with Crippen molar-refractivity contribution in [3.8, 4) is 11.5 Å². The van der Waals surface area contributed by atoms with Crippen LogP contribution in [0.25, 0.3) is 0 Å². The van der Waals surface area contributed by atoms with E-state index in [0.717, 1.165) is 6.42 Å². The molecular formula is C20H22ClNO5. The van der Waals surface area contributed by atoms with Crippen LogP contribution in [-0.4, -0.2) is 31.7 Å². The Morgan fingerprint density at radius 3 is 2.44 bits per heavy atom. The average molecular weight is 392 g/mol. The lowest BCUT2D eigenvalue weighted by Gasteiger charge is -2.12. The average Bonchev–Trinajstić information content (AvgIpc) is 2.66. The van der Waals surface area contributed by atoms with Crippen molar-refractivity contribution in [2.24, 2.45) is 0 Å². The van der Waals surface area contributed by atoms with E-state index in [4.69, 9.17) is 25.8 Å². The van der Waals surface area contributed by atoms with Crippen molar-refractivity contribution in [1.29, 1.82) is 0 Å². The Hall–Kier alpha value is -2.73. The SMILES string of the molecule is CCC(C)OC(=O)COc1ccc(C(=O)Nc2ccc(OC)c(Cl)c2)cc1. The van der Waals surface area contributed by atoms with Gasteiger partial charge in [0, 0.05) is 11.3 Å². The molecule has 0 saturated carbocycles. The summed E-state index contributed by atoms with van der Waals surface area (Å²) in [5, 5.41) is 3.16. The topological polar surface area (TPSA) is 73.9 Å². The van der Waals surface area contributed by atoms with Gasteiger partial charge in [0.1, 0.15) is 11.5 Å². The van der Waals surface area contributed by atoms with Crippen molar-refractivity contribution in [1.82, 2.24) is 0 Å². The number of esters is 1. The van der Waals surface area contributed by atoms with Gasteiger partial charge in [0.2, 0.25) is 0 Å². The van der Waals surface area contributed by atoms with Crippen molar-refractivity contribution in [3.05, 3.63) is 53.1 Å². The van der Waals surface area contributed by atoms with Gasteiger partial charge in [-0.2, -0.15) is 0 Å². The minimum Gasteiger partial charge on any atom is -0.495 e. The molecule has 1 unspecified atom stereocenters. The maximum atomic E-state index is 12.3. The molecular weight excluding hydrogens is 370 g/mol. The van der Waals surface area contributed by atoms with Crippen LogP contribution in [0.3, 0.4) is 0 Å². The number of carbonyl (C=O) groups is 2.